The molecule has 2 aromatic rings. The van der Waals surface area contributed by atoms with E-state index in [4.69, 9.17) is 0 Å². The Morgan fingerprint density at radius 3 is 2.68 bits per heavy atom. The van der Waals surface area contributed by atoms with Crippen molar-refractivity contribution in [3.05, 3.63) is 57.8 Å². The molecule has 0 spiro atoms. The van der Waals surface area contributed by atoms with Gasteiger partial charge < -0.3 is 15.7 Å². The quantitative estimate of drug-likeness (QED) is 0.327. The van der Waals surface area contributed by atoms with Crippen LogP contribution in [0.25, 0.3) is 0 Å². The number of nitrogens with zero attached hydrogens (tertiary/aromatic N) is 1. The molecule has 0 aliphatic rings. The highest BCUT2D eigenvalue weighted by atomic mass is 127. The van der Waals surface area contributed by atoms with E-state index in [1.165, 1.54) is 11.1 Å². The zero-order valence-electron chi connectivity index (χ0n) is 15.1. The van der Waals surface area contributed by atoms with E-state index in [2.05, 4.69) is 46.8 Å². The lowest BCUT2D eigenvalue weighted by Gasteiger charge is -2.20. The highest BCUT2D eigenvalue weighted by Crippen LogP contribution is 2.25. The molecule has 25 heavy (non-hydrogen) atoms. The second-order valence-corrected chi connectivity index (χ2v) is 7.06. The number of hydrogen-bond acceptors (Lipinski definition) is 3. The monoisotopic (exact) mass is 473 g/mol. The third kappa shape index (κ3) is 7.33. The maximum absolute atomic E-state index is 10.6. The summed E-state index contributed by atoms with van der Waals surface area (Å²) in [5, 5.41) is 19.1. The summed E-state index contributed by atoms with van der Waals surface area (Å²) >= 11 is 1.55. The fraction of sp³-hybridized carbons (Fsp3) is 0.421. The summed E-state index contributed by atoms with van der Waals surface area (Å²) in [6.07, 6.45) is 0.938. The zero-order valence-corrected chi connectivity index (χ0v) is 18.2. The van der Waals surface area contributed by atoms with Crippen LogP contribution in [0.1, 0.15) is 29.9 Å². The molecule has 6 heteroatoms. The number of nitrogens with one attached hydrogen (secondary N) is 2. The van der Waals surface area contributed by atoms with Crippen LogP contribution in [0.3, 0.4) is 0 Å². The van der Waals surface area contributed by atoms with Crippen LogP contribution in [0.15, 0.2) is 46.8 Å². The molecule has 0 radical (unpaired) electrons. The highest BCUT2D eigenvalue weighted by molar-refractivity contribution is 14.0. The molecule has 0 amide bonds. The number of thiophene rings is 1. The first-order valence-electron chi connectivity index (χ1n) is 8.35. The molecule has 0 fully saturated rings. The lowest BCUT2D eigenvalue weighted by molar-refractivity contribution is 0.0711. The third-order valence-corrected chi connectivity index (χ3v) is 4.85. The van der Waals surface area contributed by atoms with Crippen molar-refractivity contribution in [2.24, 2.45) is 4.99 Å². The first kappa shape index (κ1) is 21.9. The van der Waals surface area contributed by atoms with E-state index in [9.17, 15) is 5.11 Å². The van der Waals surface area contributed by atoms with Crippen molar-refractivity contribution >= 4 is 41.3 Å². The Hall–Kier alpha value is -1.12. The van der Waals surface area contributed by atoms with Crippen LogP contribution in [0.5, 0.6) is 0 Å². The van der Waals surface area contributed by atoms with E-state index in [1.54, 1.807) is 18.3 Å². The van der Waals surface area contributed by atoms with Gasteiger partial charge in [-0.05, 0) is 44.2 Å². The van der Waals surface area contributed by atoms with Crippen LogP contribution in [0.4, 0.5) is 0 Å². The Balaban J connectivity index is 0.00000312. The molecule has 0 aliphatic heterocycles. The predicted octanol–water partition coefficient (Wildman–Crippen LogP) is 3.68. The van der Waals surface area contributed by atoms with Crippen molar-refractivity contribution in [3.63, 3.8) is 0 Å². The molecule has 1 atom stereocenters. The van der Waals surface area contributed by atoms with Crippen LogP contribution >= 0.6 is 35.3 Å². The molecule has 1 unspecified atom stereocenters. The molecule has 138 valence electrons. The summed E-state index contributed by atoms with van der Waals surface area (Å²) in [5.74, 6) is 0.738. The Morgan fingerprint density at radius 2 is 2.04 bits per heavy atom. The van der Waals surface area contributed by atoms with Crippen LogP contribution in [-0.2, 0) is 12.0 Å². The number of hydrogen-bond donors (Lipinski definition) is 3. The van der Waals surface area contributed by atoms with Crippen molar-refractivity contribution in [2.75, 3.05) is 19.6 Å². The number of aryl methyl sites for hydroxylation is 1. The fourth-order valence-electron chi connectivity index (χ4n) is 2.43. The maximum Gasteiger partial charge on any atom is 0.191 e. The zero-order chi connectivity index (χ0) is 17.4. The van der Waals surface area contributed by atoms with E-state index >= 15 is 0 Å². The number of benzene rings is 1. The Morgan fingerprint density at radius 1 is 1.24 bits per heavy atom. The van der Waals surface area contributed by atoms with Gasteiger partial charge in [0.2, 0.25) is 0 Å². The molecule has 0 saturated heterocycles. The van der Waals surface area contributed by atoms with Crippen molar-refractivity contribution < 1.29 is 5.11 Å². The minimum Gasteiger partial charge on any atom is -0.383 e. The Kier molecular flexibility index (Phi) is 9.45. The van der Waals surface area contributed by atoms with E-state index in [0.29, 0.717) is 6.54 Å². The second-order valence-electron chi connectivity index (χ2n) is 6.11. The van der Waals surface area contributed by atoms with Crippen molar-refractivity contribution in [1.29, 1.82) is 0 Å². The molecular weight excluding hydrogens is 445 g/mol. The standard InChI is InChI=1S/C19H27N3OS.HI/c1-4-20-18(21-11-10-16-8-5-7-15(2)13-16)22-14-19(3,23)17-9-6-12-24-17;/h5-9,12-13,23H,4,10-11,14H2,1-3H3,(H2,20,21,22);1H. The van der Waals surface area contributed by atoms with Gasteiger partial charge in [-0.1, -0.05) is 35.9 Å². The van der Waals surface area contributed by atoms with Gasteiger partial charge in [0.15, 0.2) is 5.96 Å². The summed E-state index contributed by atoms with van der Waals surface area (Å²) in [7, 11) is 0. The molecule has 1 aromatic carbocycles. The van der Waals surface area contributed by atoms with Crippen LogP contribution in [0, 0.1) is 6.92 Å². The average Bonchev–Trinajstić information content (AvgIpc) is 3.08. The first-order chi connectivity index (χ1) is 11.5. The van der Waals surface area contributed by atoms with Crippen LogP contribution in [0.2, 0.25) is 0 Å². The van der Waals surface area contributed by atoms with Gasteiger partial charge in [0.05, 0.1) is 6.54 Å². The van der Waals surface area contributed by atoms with Crippen molar-refractivity contribution in [3.8, 4) is 0 Å². The number of guanidine groups is 1. The SMILES string of the molecule is CCNC(=NCC(C)(O)c1cccs1)NCCc1cccc(C)c1.I. The summed E-state index contributed by atoms with van der Waals surface area (Å²) in [6, 6.07) is 12.4. The van der Waals surface area contributed by atoms with Gasteiger partial charge >= 0.3 is 0 Å². The molecule has 1 aromatic heterocycles. The van der Waals surface area contributed by atoms with Gasteiger partial charge in [0, 0.05) is 18.0 Å². The lowest BCUT2D eigenvalue weighted by Crippen LogP contribution is -2.39. The molecule has 0 aliphatic carbocycles. The Labute approximate surface area is 171 Å². The van der Waals surface area contributed by atoms with E-state index in [-0.39, 0.29) is 24.0 Å². The van der Waals surface area contributed by atoms with E-state index < -0.39 is 5.60 Å². The molecule has 2 rings (SSSR count). The van der Waals surface area contributed by atoms with E-state index in [0.717, 1.165) is 30.3 Å². The second kappa shape index (κ2) is 10.8. The van der Waals surface area contributed by atoms with Gasteiger partial charge in [-0.15, -0.1) is 35.3 Å². The molecule has 0 saturated carbocycles. The maximum atomic E-state index is 10.6. The fourth-order valence-corrected chi connectivity index (χ4v) is 3.21. The predicted molar refractivity (Wildman–Crippen MR) is 118 cm³/mol. The summed E-state index contributed by atoms with van der Waals surface area (Å²) in [6.45, 7) is 7.87. The van der Waals surface area contributed by atoms with E-state index in [1.807, 2.05) is 24.4 Å². The minimum absolute atomic E-state index is 0. The normalized spacial score (nSPS) is 13.7. The average molecular weight is 473 g/mol. The number of aliphatic hydroxyl groups is 1. The number of rotatable bonds is 7. The molecular formula is C19H28IN3OS. The third-order valence-electron chi connectivity index (χ3n) is 3.73. The van der Waals surface area contributed by atoms with Gasteiger partial charge in [-0.25, -0.2) is 4.99 Å². The van der Waals surface area contributed by atoms with Crippen LogP contribution < -0.4 is 10.6 Å². The molecule has 4 nitrogen and oxygen atoms in total. The smallest absolute Gasteiger partial charge is 0.191 e. The summed E-state index contributed by atoms with van der Waals surface area (Å²) in [4.78, 5) is 5.47. The number of halogens is 1. The van der Waals surface area contributed by atoms with Crippen molar-refractivity contribution in [1.82, 2.24) is 10.6 Å². The summed E-state index contributed by atoms with van der Waals surface area (Å²) in [5.41, 5.74) is 1.65. The lowest BCUT2D eigenvalue weighted by atomic mass is 10.1. The van der Waals surface area contributed by atoms with Gasteiger partial charge in [-0.2, -0.15) is 0 Å². The van der Waals surface area contributed by atoms with Gasteiger partial charge in [-0.3, -0.25) is 0 Å². The van der Waals surface area contributed by atoms with Crippen molar-refractivity contribution in [2.45, 2.75) is 32.8 Å². The first-order valence-corrected chi connectivity index (χ1v) is 9.23. The molecule has 3 N–H and O–H groups in total. The highest BCUT2D eigenvalue weighted by Gasteiger charge is 2.23. The topological polar surface area (TPSA) is 56.7 Å². The van der Waals surface area contributed by atoms with Gasteiger partial charge in [0.25, 0.3) is 0 Å². The van der Waals surface area contributed by atoms with Crippen LogP contribution in [-0.4, -0.2) is 30.7 Å². The summed E-state index contributed by atoms with van der Waals surface area (Å²) < 4.78 is 0. The molecule has 0 bridgehead atoms. The largest absolute Gasteiger partial charge is 0.383 e. The Bertz CT molecular complexity index is 656. The molecule has 1 heterocycles. The minimum atomic E-state index is -0.937. The van der Waals surface area contributed by atoms with Gasteiger partial charge in [0.1, 0.15) is 5.60 Å². The number of aliphatic imine (C=N–C) groups is 1.